The molecule has 2 aromatic carbocycles. The first-order valence-corrected chi connectivity index (χ1v) is 10.7. The number of urea groups is 1. The Morgan fingerprint density at radius 3 is 2.39 bits per heavy atom. The molecule has 1 N–H and O–H groups in total. The second kappa shape index (κ2) is 9.16. The van der Waals surface area contributed by atoms with Crippen molar-refractivity contribution < 1.29 is 17.6 Å². The minimum absolute atomic E-state index is 0.0645. The Labute approximate surface area is 165 Å². The van der Waals surface area contributed by atoms with Gasteiger partial charge in [-0.15, -0.1) is 0 Å². The van der Waals surface area contributed by atoms with Crippen molar-refractivity contribution in [1.82, 2.24) is 14.5 Å². The summed E-state index contributed by atoms with van der Waals surface area (Å²) >= 11 is 0. The topological polar surface area (TPSA) is 69.7 Å². The van der Waals surface area contributed by atoms with Gasteiger partial charge in [0.2, 0.25) is 10.0 Å². The largest absolute Gasteiger partial charge is 0.338 e. The molecule has 150 valence electrons. The van der Waals surface area contributed by atoms with Crippen LogP contribution in [0.15, 0.2) is 59.5 Å². The number of sulfonamides is 1. The van der Waals surface area contributed by atoms with Crippen molar-refractivity contribution in [1.29, 1.82) is 0 Å². The van der Waals surface area contributed by atoms with Gasteiger partial charge in [0.25, 0.3) is 0 Å². The third-order valence-electron chi connectivity index (χ3n) is 4.73. The van der Waals surface area contributed by atoms with Crippen molar-refractivity contribution in [3.63, 3.8) is 0 Å². The van der Waals surface area contributed by atoms with Crippen LogP contribution in [0, 0.1) is 5.82 Å². The van der Waals surface area contributed by atoms with Gasteiger partial charge in [0.05, 0.1) is 4.90 Å². The summed E-state index contributed by atoms with van der Waals surface area (Å²) in [5, 5.41) is 2.90. The van der Waals surface area contributed by atoms with E-state index in [2.05, 4.69) is 5.32 Å². The second-order valence-electron chi connectivity index (χ2n) is 6.67. The van der Waals surface area contributed by atoms with E-state index in [1.54, 1.807) is 4.90 Å². The summed E-state index contributed by atoms with van der Waals surface area (Å²) in [5.74, 6) is -0.479. The molecule has 28 heavy (non-hydrogen) atoms. The molecule has 1 heterocycles. The van der Waals surface area contributed by atoms with E-state index >= 15 is 0 Å². The van der Waals surface area contributed by atoms with Crippen LogP contribution in [-0.2, 0) is 16.4 Å². The molecule has 2 amide bonds. The van der Waals surface area contributed by atoms with Crippen molar-refractivity contribution in [2.24, 2.45) is 0 Å². The first-order chi connectivity index (χ1) is 13.5. The molecule has 1 aliphatic rings. The van der Waals surface area contributed by atoms with E-state index in [9.17, 15) is 17.6 Å². The Hall–Kier alpha value is -2.45. The predicted molar refractivity (Wildman–Crippen MR) is 105 cm³/mol. The molecule has 3 rings (SSSR count). The van der Waals surface area contributed by atoms with Crippen LogP contribution in [0.2, 0.25) is 0 Å². The first-order valence-electron chi connectivity index (χ1n) is 9.29. The van der Waals surface area contributed by atoms with Crippen LogP contribution >= 0.6 is 0 Å². The lowest BCUT2D eigenvalue weighted by Crippen LogP contribution is -2.43. The van der Waals surface area contributed by atoms with Crippen LogP contribution in [0.25, 0.3) is 0 Å². The standard InChI is InChI=1S/C20H24FN3O3S/c21-18-7-9-19(10-8-18)28(26,27)24-14-4-13-23(15-16-24)20(25)22-12-11-17-5-2-1-3-6-17/h1-3,5-10H,4,11-16H2,(H,22,25). The predicted octanol–water partition coefficient (Wildman–Crippen LogP) is 2.47. The quantitative estimate of drug-likeness (QED) is 0.831. The normalized spacial score (nSPS) is 15.8. The zero-order valence-electron chi connectivity index (χ0n) is 15.6. The lowest BCUT2D eigenvalue weighted by molar-refractivity contribution is 0.200. The van der Waals surface area contributed by atoms with Gasteiger partial charge in [-0.05, 0) is 42.7 Å². The average molecular weight is 405 g/mol. The van der Waals surface area contributed by atoms with E-state index in [0.29, 0.717) is 32.6 Å². The van der Waals surface area contributed by atoms with Gasteiger partial charge in [0.15, 0.2) is 0 Å². The third kappa shape index (κ3) is 5.08. The van der Waals surface area contributed by atoms with Crippen LogP contribution in [0.5, 0.6) is 0 Å². The number of benzene rings is 2. The van der Waals surface area contributed by atoms with Gasteiger partial charge in [-0.3, -0.25) is 0 Å². The Kier molecular flexibility index (Phi) is 6.64. The molecule has 2 aromatic rings. The van der Waals surface area contributed by atoms with Crippen LogP contribution in [0.4, 0.5) is 9.18 Å². The van der Waals surface area contributed by atoms with Gasteiger partial charge >= 0.3 is 6.03 Å². The Bertz CT molecular complexity index is 889. The molecular formula is C20H24FN3O3S. The highest BCUT2D eigenvalue weighted by Crippen LogP contribution is 2.18. The maximum atomic E-state index is 13.1. The summed E-state index contributed by atoms with van der Waals surface area (Å²) in [5.41, 5.74) is 1.15. The zero-order valence-corrected chi connectivity index (χ0v) is 16.4. The number of hydrogen-bond acceptors (Lipinski definition) is 3. The molecule has 0 bridgehead atoms. The number of nitrogens with zero attached hydrogens (tertiary/aromatic N) is 2. The van der Waals surface area contributed by atoms with Crippen LogP contribution in [-0.4, -0.2) is 56.4 Å². The van der Waals surface area contributed by atoms with Crippen molar-refractivity contribution >= 4 is 16.1 Å². The van der Waals surface area contributed by atoms with Crippen LogP contribution < -0.4 is 5.32 Å². The molecule has 1 aliphatic heterocycles. The molecule has 0 unspecified atom stereocenters. The summed E-state index contributed by atoms with van der Waals surface area (Å²) in [6.45, 7) is 1.88. The van der Waals surface area contributed by atoms with E-state index in [1.807, 2.05) is 30.3 Å². The lowest BCUT2D eigenvalue weighted by Gasteiger charge is -2.22. The van der Waals surface area contributed by atoms with Crippen LogP contribution in [0.1, 0.15) is 12.0 Å². The van der Waals surface area contributed by atoms with E-state index in [4.69, 9.17) is 0 Å². The summed E-state index contributed by atoms with van der Waals surface area (Å²) in [4.78, 5) is 14.1. The smallest absolute Gasteiger partial charge is 0.317 e. The van der Waals surface area contributed by atoms with E-state index in [0.717, 1.165) is 24.1 Å². The third-order valence-corrected chi connectivity index (χ3v) is 6.64. The maximum Gasteiger partial charge on any atom is 0.317 e. The second-order valence-corrected chi connectivity index (χ2v) is 8.60. The molecule has 0 aromatic heterocycles. The number of carbonyl (C=O) groups excluding carboxylic acids is 1. The SMILES string of the molecule is O=C(NCCc1ccccc1)N1CCCN(S(=O)(=O)c2ccc(F)cc2)CC1. The number of rotatable bonds is 5. The number of nitrogens with one attached hydrogen (secondary N) is 1. The van der Waals surface area contributed by atoms with Gasteiger partial charge in [-0.25, -0.2) is 17.6 Å². The summed E-state index contributed by atoms with van der Waals surface area (Å²) in [6, 6.07) is 14.5. The lowest BCUT2D eigenvalue weighted by atomic mass is 10.1. The fourth-order valence-electron chi connectivity index (χ4n) is 3.16. The number of carbonyl (C=O) groups is 1. The summed E-state index contributed by atoms with van der Waals surface area (Å²) in [7, 11) is -3.70. The average Bonchev–Trinajstić information content (AvgIpc) is 2.96. The molecule has 6 nitrogen and oxygen atoms in total. The highest BCUT2D eigenvalue weighted by Gasteiger charge is 2.28. The molecule has 8 heteroatoms. The number of halogens is 1. The van der Waals surface area contributed by atoms with E-state index < -0.39 is 15.8 Å². The highest BCUT2D eigenvalue weighted by molar-refractivity contribution is 7.89. The van der Waals surface area contributed by atoms with Gasteiger partial charge in [0, 0.05) is 32.7 Å². The molecule has 0 spiro atoms. The molecule has 0 radical (unpaired) electrons. The highest BCUT2D eigenvalue weighted by atomic mass is 32.2. The fraction of sp³-hybridized carbons (Fsp3) is 0.350. The number of amides is 2. The first kappa shape index (κ1) is 20.3. The zero-order chi connectivity index (χ0) is 20.0. The Morgan fingerprint density at radius 2 is 1.68 bits per heavy atom. The fourth-order valence-corrected chi connectivity index (χ4v) is 4.63. The van der Waals surface area contributed by atoms with Gasteiger partial charge in [0.1, 0.15) is 5.82 Å². The summed E-state index contributed by atoms with van der Waals surface area (Å²) in [6.07, 6.45) is 1.29. The van der Waals surface area contributed by atoms with Gasteiger partial charge < -0.3 is 10.2 Å². The van der Waals surface area contributed by atoms with Crippen molar-refractivity contribution in [2.45, 2.75) is 17.7 Å². The summed E-state index contributed by atoms with van der Waals surface area (Å²) < 4.78 is 39.9. The van der Waals surface area contributed by atoms with E-state index in [-0.39, 0.29) is 17.5 Å². The maximum absolute atomic E-state index is 13.1. The minimum Gasteiger partial charge on any atom is -0.338 e. The van der Waals surface area contributed by atoms with Gasteiger partial charge in [-0.1, -0.05) is 30.3 Å². The van der Waals surface area contributed by atoms with E-state index in [1.165, 1.54) is 16.4 Å². The monoisotopic (exact) mass is 405 g/mol. The van der Waals surface area contributed by atoms with Crippen molar-refractivity contribution in [3.05, 3.63) is 66.0 Å². The molecule has 1 fully saturated rings. The van der Waals surface area contributed by atoms with Crippen LogP contribution in [0.3, 0.4) is 0 Å². The van der Waals surface area contributed by atoms with Gasteiger partial charge in [-0.2, -0.15) is 4.31 Å². The molecule has 1 saturated heterocycles. The molecule has 0 aliphatic carbocycles. The Balaban J connectivity index is 1.54. The molecule has 0 saturated carbocycles. The molecular weight excluding hydrogens is 381 g/mol. The molecule has 0 atom stereocenters. The van der Waals surface area contributed by atoms with Crippen molar-refractivity contribution in [3.8, 4) is 0 Å². The minimum atomic E-state index is -3.70. The van der Waals surface area contributed by atoms with Crippen molar-refractivity contribution in [2.75, 3.05) is 32.7 Å². The number of hydrogen-bond donors (Lipinski definition) is 1. The Morgan fingerprint density at radius 1 is 0.964 bits per heavy atom.